The topological polar surface area (TPSA) is 26.8 Å². The molecule has 1 amide bonds. The van der Waals surface area contributed by atoms with E-state index in [9.17, 15) is 4.79 Å². The average Bonchev–Trinajstić information content (AvgIpc) is 2.86. The van der Waals surface area contributed by atoms with Crippen molar-refractivity contribution in [3.8, 4) is 0 Å². The van der Waals surface area contributed by atoms with Crippen LogP contribution in [0, 0.1) is 0 Å². The number of nitrogens with zero attached hydrogens (tertiary/aromatic N) is 3. The van der Waals surface area contributed by atoms with Crippen molar-refractivity contribution in [2.24, 2.45) is 0 Å². The van der Waals surface area contributed by atoms with Crippen LogP contribution in [-0.4, -0.2) is 59.9 Å². The molecule has 0 unspecified atom stereocenters. The fourth-order valence-corrected chi connectivity index (χ4v) is 5.09. The number of rotatable bonds is 5. The van der Waals surface area contributed by atoms with Gasteiger partial charge in [-0.25, -0.2) is 0 Å². The minimum atomic E-state index is 0.230. The number of hydrogen-bond donors (Lipinski definition) is 0. The molecule has 5 rings (SSSR count). The lowest BCUT2D eigenvalue weighted by Gasteiger charge is -2.40. The van der Waals surface area contributed by atoms with Gasteiger partial charge < -0.3 is 4.90 Å². The van der Waals surface area contributed by atoms with Gasteiger partial charge in [-0.05, 0) is 28.7 Å². The molecule has 0 N–H and O–H groups in total. The van der Waals surface area contributed by atoms with Gasteiger partial charge in [0.25, 0.3) is 0 Å². The minimum absolute atomic E-state index is 0.230. The van der Waals surface area contributed by atoms with E-state index in [-0.39, 0.29) is 11.9 Å². The highest BCUT2D eigenvalue weighted by molar-refractivity contribution is 5.78. The van der Waals surface area contributed by atoms with Crippen molar-refractivity contribution in [2.75, 3.05) is 39.3 Å². The molecule has 1 fully saturated rings. The summed E-state index contributed by atoms with van der Waals surface area (Å²) in [6.07, 6.45) is 1.03. The van der Waals surface area contributed by atoms with Crippen molar-refractivity contribution in [1.82, 2.24) is 14.7 Å². The SMILES string of the molecule is O=C(CN1CCc2ccccc2C1)N1CCN(C(c2ccccc2)c2ccccc2)CC1. The minimum Gasteiger partial charge on any atom is -0.339 e. The number of piperazine rings is 1. The van der Waals surface area contributed by atoms with Crippen LogP contribution in [0.25, 0.3) is 0 Å². The quantitative estimate of drug-likeness (QED) is 0.619. The summed E-state index contributed by atoms with van der Waals surface area (Å²) in [5, 5.41) is 0. The molecule has 0 bridgehead atoms. The Kier molecular flexibility index (Phi) is 6.33. The molecule has 164 valence electrons. The predicted molar refractivity (Wildman–Crippen MR) is 128 cm³/mol. The van der Waals surface area contributed by atoms with Gasteiger partial charge in [0, 0.05) is 39.3 Å². The van der Waals surface area contributed by atoms with Gasteiger partial charge in [0.2, 0.25) is 5.91 Å². The van der Waals surface area contributed by atoms with Gasteiger partial charge >= 0.3 is 0 Å². The largest absolute Gasteiger partial charge is 0.339 e. The van der Waals surface area contributed by atoms with Crippen LogP contribution in [0.15, 0.2) is 84.9 Å². The Bertz CT molecular complexity index is 989. The molecule has 3 aromatic rings. The lowest BCUT2D eigenvalue weighted by Crippen LogP contribution is -2.52. The van der Waals surface area contributed by atoms with Gasteiger partial charge in [0.05, 0.1) is 12.6 Å². The first kappa shape index (κ1) is 20.9. The maximum Gasteiger partial charge on any atom is 0.236 e. The number of benzene rings is 3. The second-order valence-corrected chi connectivity index (χ2v) is 8.87. The van der Waals surface area contributed by atoms with Gasteiger partial charge in [0.1, 0.15) is 0 Å². The molecule has 4 heteroatoms. The molecule has 0 aliphatic carbocycles. The summed E-state index contributed by atoms with van der Waals surface area (Å²) in [5.74, 6) is 0.264. The first-order chi connectivity index (χ1) is 15.8. The van der Waals surface area contributed by atoms with Crippen LogP contribution in [0.4, 0.5) is 0 Å². The summed E-state index contributed by atoms with van der Waals surface area (Å²) in [7, 11) is 0. The third-order valence-electron chi connectivity index (χ3n) is 6.83. The first-order valence-corrected chi connectivity index (χ1v) is 11.7. The van der Waals surface area contributed by atoms with Crippen LogP contribution in [0.1, 0.15) is 28.3 Å². The highest BCUT2D eigenvalue weighted by Gasteiger charge is 2.29. The molecule has 0 atom stereocenters. The van der Waals surface area contributed by atoms with Crippen molar-refractivity contribution < 1.29 is 4.79 Å². The normalized spacial score (nSPS) is 17.3. The second kappa shape index (κ2) is 9.68. The van der Waals surface area contributed by atoms with Crippen LogP contribution in [-0.2, 0) is 17.8 Å². The van der Waals surface area contributed by atoms with E-state index in [4.69, 9.17) is 0 Å². The highest BCUT2D eigenvalue weighted by atomic mass is 16.2. The Morgan fingerprint density at radius 1 is 0.688 bits per heavy atom. The zero-order valence-electron chi connectivity index (χ0n) is 18.6. The van der Waals surface area contributed by atoms with Gasteiger partial charge in [-0.15, -0.1) is 0 Å². The zero-order chi connectivity index (χ0) is 21.8. The van der Waals surface area contributed by atoms with E-state index < -0.39 is 0 Å². The fraction of sp³-hybridized carbons (Fsp3) is 0.321. The molecule has 32 heavy (non-hydrogen) atoms. The van der Waals surface area contributed by atoms with E-state index in [2.05, 4.69) is 99.6 Å². The number of carbonyl (C=O) groups is 1. The molecule has 4 nitrogen and oxygen atoms in total. The summed E-state index contributed by atoms with van der Waals surface area (Å²) >= 11 is 0. The van der Waals surface area contributed by atoms with Crippen molar-refractivity contribution in [3.05, 3.63) is 107 Å². The van der Waals surface area contributed by atoms with Crippen LogP contribution >= 0.6 is 0 Å². The van der Waals surface area contributed by atoms with E-state index in [0.717, 1.165) is 45.7 Å². The zero-order valence-corrected chi connectivity index (χ0v) is 18.6. The Labute approximate surface area is 191 Å². The molecule has 2 heterocycles. The number of carbonyl (C=O) groups excluding carboxylic acids is 1. The third kappa shape index (κ3) is 4.62. The van der Waals surface area contributed by atoms with Crippen molar-refractivity contribution in [1.29, 1.82) is 0 Å². The average molecular weight is 426 g/mol. The maximum atomic E-state index is 13.1. The highest BCUT2D eigenvalue weighted by Crippen LogP contribution is 2.29. The molecule has 2 aliphatic rings. The molecule has 3 aromatic carbocycles. The summed E-state index contributed by atoms with van der Waals surface area (Å²) in [5.41, 5.74) is 5.42. The summed E-state index contributed by atoms with van der Waals surface area (Å²) in [6.45, 7) is 5.73. The number of fused-ring (bicyclic) bond motifs is 1. The molecule has 0 radical (unpaired) electrons. The monoisotopic (exact) mass is 425 g/mol. The van der Waals surface area contributed by atoms with Crippen molar-refractivity contribution >= 4 is 5.91 Å². The van der Waals surface area contributed by atoms with E-state index in [1.807, 2.05) is 0 Å². The molecule has 0 saturated carbocycles. The van der Waals surface area contributed by atoms with Crippen molar-refractivity contribution in [3.63, 3.8) is 0 Å². The Morgan fingerprint density at radius 2 is 1.25 bits per heavy atom. The second-order valence-electron chi connectivity index (χ2n) is 8.87. The first-order valence-electron chi connectivity index (χ1n) is 11.7. The van der Waals surface area contributed by atoms with E-state index in [1.54, 1.807) is 0 Å². The van der Waals surface area contributed by atoms with Crippen LogP contribution < -0.4 is 0 Å². The van der Waals surface area contributed by atoms with Crippen LogP contribution in [0.5, 0.6) is 0 Å². The molecule has 0 spiro atoms. The van der Waals surface area contributed by atoms with Gasteiger partial charge in [-0.3, -0.25) is 14.6 Å². The molecular weight excluding hydrogens is 394 g/mol. The van der Waals surface area contributed by atoms with Gasteiger partial charge in [0.15, 0.2) is 0 Å². The van der Waals surface area contributed by atoms with E-state index >= 15 is 0 Å². The molecule has 1 saturated heterocycles. The predicted octanol–water partition coefficient (Wildman–Crippen LogP) is 3.98. The van der Waals surface area contributed by atoms with Crippen molar-refractivity contribution in [2.45, 2.75) is 19.0 Å². The van der Waals surface area contributed by atoms with E-state index in [1.165, 1.54) is 22.3 Å². The summed E-state index contributed by atoms with van der Waals surface area (Å²) in [4.78, 5) is 19.9. The fourth-order valence-electron chi connectivity index (χ4n) is 5.09. The van der Waals surface area contributed by atoms with Crippen LogP contribution in [0.2, 0.25) is 0 Å². The number of amides is 1. The lowest BCUT2D eigenvalue weighted by atomic mass is 9.96. The molecule has 0 aromatic heterocycles. The van der Waals surface area contributed by atoms with Crippen LogP contribution in [0.3, 0.4) is 0 Å². The smallest absolute Gasteiger partial charge is 0.236 e. The Hall–Kier alpha value is -2.95. The van der Waals surface area contributed by atoms with Gasteiger partial charge in [-0.1, -0.05) is 84.9 Å². The van der Waals surface area contributed by atoms with E-state index in [0.29, 0.717) is 6.54 Å². The standard InChI is InChI=1S/C28H31N3O/c32-27(22-29-16-15-23-9-7-8-14-26(23)21-29)30-17-19-31(20-18-30)28(24-10-3-1-4-11-24)25-12-5-2-6-13-25/h1-14,28H,15-22H2. The molecule has 2 aliphatic heterocycles. The maximum absolute atomic E-state index is 13.1. The summed E-state index contributed by atoms with van der Waals surface area (Å²) in [6, 6.07) is 30.3. The number of hydrogen-bond acceptors (Lipinski definition) is 3. The lowest BCUT2D eigenvalue weighted by molar-refractivity contribution is -0.134. The van der Waals surface area contributed by atoms with Gasteiger partial charge in [-0.2, -0.15) is 0 Å². The third-order valence-corrected chi connectivity index (χ3v) is 6.83. The molecular formula is C28H31N3O. The summed E-state index contributed by atoms with van der Waals surface area (Å²) < 4.78 is 0. The Morgan fingerprint density at radius 3 is 1.88 bits per heavy atom. The Balaban J connectivity index is 1.22.